The molecular formula is C21H46O7. The summed E-state index contributed by atoms with van der Waals surface area (Å²) in [5, 5.41) is 42.2. The molecule has 0 amide bonds. The van der Waals surface area contributed by atoms with Crippen molar-refractivity contribution in [2.45, 2.75) is 74.1 Å². The molecule has 0 saturated heterocycles. The number of aliphatic hydroxyl groups excluding tert-OH is 5. The van der Waals surface area contributed by atoms with Crippen molar-refractivity contribution < 1.29 is 35.1 Å². The molecule has 0 aliphatic carbocycles. The summed E-state index contributed by atoms with van der Waals surface area (Å²) >= 11 is 0. The Balaban J connectivity index is -0.000000378. The molecular weight excluding hydrogens is 364 g/mol. The molecule has 28 heavy (non-hydrogen) atoms. The third-order valence-corrected chi connectivity index (χ3v) is 4.17. The predicted octanol–water partition coefficient (Wildman–Crippen LogP) is 2.12. The number of hydrogen-bond acceptors (Lipinski definition) is 7. The molecule has 0 unspecified atom stereocenters. The second-order valence-electron chi connectivity index (χ2n) is 8.90. The van der Waals surface area contributed by atoms with Crippen molar-refractivity contribution in [1.29, 1.82) is 0 Å². The third kappa shape index (κ3) is 17.4. The fourth-order valence-corrected chi connectivity index (χ4v) is 1.70. The molecule has 0 rings (SSSR count). The number of aliphatic hydroxyl groups is 5. The molecule has 0 aliphatic heterocycles. The van der Waals surface area contributed by atoms with Gasteiger partial charge in [-0.3, -0.25) is 4.79 Å². The highest BCUT2D eigenvalue weighted by Gasteiger charge is 2.29. The second-order valence-corrected chi connectivity index (χ2v) is 8.90. The molecule has 0 bridgehead atoms. The summed E-state index contributed by atoms with van der Waals surface area (Å²) < 4.78 is 5.06. The van der Waals surface area contributed by atoms with Gasteiger partial charge in [0, 0.05) is 5.41 Å². The van der Waals surface area contributed by atoms with E-state index in [1.54, 1.807) is 13.8 Å². The summed E-state index contributed by atoms with van der Waals surface area (Å²) in [5.41, 5.74) is -1.03. The molecule has 5 N–H and O–H groups in total. The normalized spacial score (nSPS) is 11.7. The second kappa shape index (κ2) is 17.2. The van der Waals surface area contributed by atoms with Gasteiger partial charge in [-0.1, -0.05) is 47.5 Å². The van der Waals surface area contributed by atoms with Crippen molar-refractivity contribution in [1.82, 2.24) is 0 Å². The smallest absolute Gasteiger partial charge is 0.313 e. The number of unbranched alkanes of at least 4 members (excludes halogenated alkanes) is 1. The van der Waals surface area contributed by atoms with Crippen LogP contribution >= 0.6 is 0 Å². The van der Waals surface area contributed by atoms with Crippen molar-refractivity contribution in [2.24, 2.45) is 16.2 Å². The van der Waals surface area contributed by atoms with Crippen LogP contribution in [0.5, 0.6) is 0 Å². The monoisotopic (exact) mass is 410 g/mol. The highest BCUT2D eigenvalue weighted by Crippen LogP contribution is 2.27. The first-order chi connectivity index (χ1) is 12.8. The van der Waals surface area contributed by atoms with Crippen molar-refractivity contribution in [2.75, 3.05) is 39.6 Å². The molecule has 7 heteroatoms. The Bertz CT molecular complexity index is 348. The van der Waals surface area contributed by atoms with E-state index in [2.05, 4.69) is 6.92 Å². The van der Waals surface area contributed by atoms with Gasteiger partial charge in [-0.2, -0.15) is 0 Å². The Morgan fingerprint density at radius 1 is 0.821 bits per heavy atom. The molecule has 0 fully saturated rings. The Kier molecular flexibility index (Phi) is 19.6. The van der Waals surface area contributed by atoms with Crippen LogP contribution in [0.1, 0.15) is 74.1 Å². The van der Waals surface area contributed by atoms with E-state index in [-0.39, 0.29) is 49.8 Å². The fraction of sp³-hybridized carbons (Fsp3) is 0.952. The van der Waals surface area contributed by atoms with Crippen LogP contribution in [0.2, 0.25) is 0 Å². The number of hydrogen-bond donors (Lipinski definition) is 5. The van der Waals surface area contributed by atoms with Gasteiger partial charge in [-0.25, -0.2) is 0 Å². The van der Waals surface area contributed by atoms with Crippen LogP contribution in [-0.4, -0.2) is 71.1 Å². The van der Waals surface area contributed by atoms with E-state index in [4.69, 9.17) is 30.3 Å². The fourth-order valence-electron chi connectivity index (χ4n) is 1.70. The zero-order valence-corrected chi connectivity index (χ0v) is 19.1. The largest absolute Gasteiger partial charge is 0.465 e. The summed E-state index contributed by atoms with van der Waals surface area (Å²) in [7, 11) is 0. The van der Waals surface area contributed by atoms with Gasteiger partial charge < -0.3 is 30.3 Å². The third-order valence-electron chi connectivity index (χ3n) is 4.17. The quantitative estimate of drug-likeness (QED) is 0.349. The van der Waals surface area contributed by atoms with E-state index in [9.17, 15) is 4.79 Å². The van der Waals surface area contributed by atoms with Gasteiger partial charge in [-0.15, -0.1) is 0 Å². The number of carbonyl (C=O) groups excluding carboxylic acids is 1. The number of rotatable bonds is 10. The first-order valence-electron chi connectivity index (χ1n) is 10.1. The van der Waals surface area contributed by atoms with Gasteiger partial charge in [0.25, 0.3) is 0 Å². The van der Waals surface area contributed by atoms with E-state index in [0.29, 0.717) is 6.61 Å². The molecule has 0 atom stereocenters. The molecule has 0 saturated carbocycles. The molecule has 0 aromatic carbocycles. The number of esters is 1. The van der Waals surface area contributed by atoms with E-state index in [1.165, 1.54) is 0 Å². The molecule has 0 spiro atoms. The lowest BCUT2D eigenvalue weighted by atomic mass is 9.82. The van der Waals surface area contributed by atoms with Gasteiger partial charge in [-0.05, 0) is 32.1 Å². The molecule has 0 aliphatic rings. The molecule has 7 nitrogen and oxygen atoms in total. The van der Waals surface area contributed by atoms with Crippen molar-refractivity contribution >= 4 is 5.97 Å². The van der Waals surface area contributed by atoms with Crippen LogP contribution in [0.25, 0.3) is 0 Å². The Morgan fingerprint density at radius 3 is 1.54 bits per heavy atom. The SMILES string of the molecule is CC(C)(C)COC(=O)C(C)(C)CO.CCCCC(CC)(CO)CO.OCCO. The van der Waals surface area contributed by atoms with Crippen LogP contribution in [0.3, 0.4) is 0 Å². The lowest BCUT2D eigenvalue weighted by Gasteiger charge is -2.27. The molecule has 172 valence electrons. The Hall–Kier alpha value is -0.730. The first-order valence-corrected chi connectivity index (χ1v) is 10.1. The number of carbonyl (C=O) groups is 1. The van der Waals surface area contributed by atoms with E-state index in [0.717, 1.165) is 25.7 Å². The maximum absolute atomic E-state index is 11.4. The van der Waals surface area contributed by atoms with E-state index < -0.39 is 5.41 Å². The number of ether oxygens (including phenoxy) is 1. The Labute approximate surface area is 171 Å². The predicted molar refractivity (Wildman–Crippen MR) is 112 cm³/mol. The average Bonchev–Trinajstić information content (AvgIpc) is 2.67. The minimum absolute atomic E-state index is 0.0266. The van der Waals surface area contributed by atoms with Gasteiger partial charge in [0.2, 0.25) is 0 Å². The molecule has 0 radical (unpaired) electrons. The van der Waals surface area contributed by atoms with Crippen molar-refractivity contribution in [3.63, 3.8) is 0 Å². The summed E-state index contributed by atoms with van der Waals surface area (Å²) in [6.07, 6.45) is 4.02. The molecule has 0 aromatic rings. The highest BCUT2D eigenvalue weighted by molar-refractivity contribution is 5.76. The summed E-state index contributed by atoms with van der Waals surface area (Å²) in [6.45, 7) is 13.6. The lowest BCUT2D eigenvalue weighted by Crippen LogP contribution is -2.32. The summed E-state index contributed by atoms with van der Waals surface area (Å²) in [4.78, 5) is 11.4. The van der Waals surface area contributed by atoms with Gasteiger partial charge in [0.05, 0.1) is 45.1 Å². The minimum atomic E-state index is -0.786. The van der Waals surface area contributed by atoms with Gasteiger partial charge >= 0.3 is 5.97 Å². The summed E-state index contributed by atoms with van der Waals surface area (Å²) in [6, 6.07) is 0. The topological polar surface area (TPSA) is 127 Å². The molecule has 0 heterocycles. The van der Waals surface area contributed by atoms with Crippen molar-refractivity contribution in [3.8, 4) is 0 Å². The van der Waals surface area contributed by atoms with Crippen LogP contribution in [0.15, 0.2) is 0 Å². The minimum Gasteiger partial charge on any atom is -0.465 e. The lowest BCUT2D eigenvalue weighted by molar-refractivity contribution is -0.158. The van der Waals surface area contributed by atoms with Gasteiger partial charge in [0.15, 0.2) is 0 Å². The van der Waals surface area contributed by atoms with E-state index in [1.807, 2.05) is 27.7 Å². The average molecular weight is 411 g/mol. The summed E-state index contributed by atoms with van der Waals surface area (Å²) in [5.74, 6) is -0.343. The van der Waals surface area contributed by atoms with Crippen molar-refractivity contribution in [3.05, 3.63) is 0 Å². The standard InChI is InChI=1S/C10H20O3.C9H20O2.C2H6O2/c1-9(2,3)7-13-8(12)10(4,5)6-11;1-3-5-6-9(4-2,7-10)8-11;3-1-2-4/h11H,6-7H2,1-5H3;10-11H,3-8H2,1-2H3;3-4H,1-2H2. The van der Waals surface area contributed by atoms with Crippen LogP contribution in [0, 0.1) is 16.2 Å². The van der Waals surface area contributed by atoms with Crippen LogP contribution in [-0.2, 0) is 9.53 Å². The maximum Gasteiger partial charge on any atom is 0.313 e. The maximum atomic E-state index is 11.4. The van der Waals surface area contributed by atoms with Crippen LogP contribution in [0.4, 0.5) is 0 Å². The molecule has 0 aromatic heterocycles. The highest BCUT2D eigenvalue weighted by atomic mass is 16.5. The van der Waals surface area contributed by atoms with Gasteiger partial charge in [0.1, 0.15) is 0 Å². The van der Waals surface area contributed by atoms with Crippen LogP contribution < -0.4 is 0 Å². The first kappa shape index (κ1) is 31.9. The van der Waals surface area contributed by atoms with E-state index >= 15 is 0 Å². The Morgan fingerprint density at radius 2 is 1.29 bits per heavy atom. The zero-order valence-electron chi connectivity index (χ0n) is 19.1. The zero-order chi connectivity index (χ0) is 22.9.